The van der Waals surface area contributed by atoms with Crippen LogP contribution >= 0.6 is 27.3 Å². The first-order chi connectivity index (χ1) is 8.44. The van der Waals surface area contributed by atoms with Gasteiger partial charge in [0.25, 0.3) is 0 Å². The van der Waals surface area contributed by atoms with Crippen molar-refractivity contribution >= 4 is 27.3 Å². The molecular formula is C13H16BrN3S. The third-order valence-electron chi connectivity index (χ3n) is 2.32. The Morgan fingerprint density at radius 2 is 1.89 bits per heavy atom. The molecule has 0 saturated carbocycles. The second-order valence-corrected chi connectivity index (χ2v) is 7.59. The second-order valence-electron chi connectivity index (χ2n) is 5.12. The summed E-state index contributed by atoms with van der Waals surface area (Å²) >= 11 is 5.08. The van der Waals surface area contributed by atoms with Gasteiger partial charge in [-0.25, -0.2) is 9.97 Å². The van der Waals surface area contributed by atoms with Gasteiger partial charge in [-0.1, -0.05) is 0 Å². The standard InChI is InChI=1S/C13H16BrN3S/c1-13(2,3)17-8-9-6-15-12(16-7-9)10-4-5-11(14)18-10/h4-7,17H,8H2,1-3H3. The molecule has 2 rings (SSSR count). The van der Waals surface area contributed by atoms with Crippen molar-refractivity contribution in [3.63, 3.8) is 0 Å². The summed E-state index contributed by atoms with van der Waals surface area (Å²) in [7, 11) is 0. The third-order valence-corrected chi connectivity index (χ3v) is 3.94. The molecule has 0 atom stereocenters. The molecule has 0 aliphatic rings. The summed E-state index contributed by atoms with van der Waals surface area (Å²) in [5.74, 6) is 0.783. The molecule has 0 radical (unpaired) electrons. The van der Waals surface area contributed by atoms with E-state index < -0.39 is 0 Å². The maximum absolute atomic E-state index is 4.40. The van der Waals surface area contributed by atoms with Crippen molar-refractivity contribution in [3.8, 4) is 10.7 Å². The molecular weight excluding hydrogens is 310 g/mol. The predicted molar refractivity (Wildman–Crippen MR) is 79.6 cm³/mol. The highest BCUT2D eigenvalue weighted by molar-refractivity contribution is 9.11. The Labute approximate surface area is 120 Å². The van der Waals surface area contributed by atoms with Crippen molar-refractivity contribution in [2.75, 3.05) is 0 Å². The average molecular weight is 326 g/mol. The Hall–Kier alpha value is -0.780. The molecule has 2 aromatic heterocycles. The van der Waals surface area contributed by atoms with Gasteiger partial charge in [0.1, 0.15) is 0 Å². The number of aromatic nitrogens is 2. The SMILES string of the molecule is CC(C)(C)NCc1cnc(-c2ccc(Br)s2)nc1. The minimum absolute atomic E-state index is 0.108. The Morgan fingerprint density at radius 3 is 2.39 bits per heavy atom. The van der Waals surface area contributed by atoms with E-state index in [1.807, 2.05) is 24.5 Å². The maximum atomic E-state index is 4.40. The van der Waals surface area contributed by atoms with Gasteiger partial charge in [0.05, 0.1) is 8.66 Å². The van der Waals surface area contributed by atoms with Gasteiger partial charge in [-0.15, -0.1) is 11.3 Å². The maximum Gasteiger partial charge on any atom is 0.169 e. The van der Waals surface area contributed by atoms with Crippen molar-refractivity contribution in [2.24, 2.45) is 0 Å². The van der Waals surface area contributed by atoms with Gasteiger partial charge in [-0.3, -0.25) is 0 Å². The van der Waals surface area contributed by atoms with Crippen LogP contribution in [-0.2, 0) is 6.54 Å². The van der Waals surface area contributed by atoms with E-state index in [1.165, 1.54) is 0 Å². The van der Waals surface area contributed by atoms with Gasteiger partial charge in [0, 0.05) is 30.0 Å². The van der Waals surface area contributed by atoms with E-state index in [4.69, 9.17) is 0 Å². The first kappa shape index (κ1) is 13.6. The molecule has 18 heavy (non-hydrogen) atoms. The summed E-state index contributed by atoms with van der Waals surface area (Å²) in [5, 5.41) is 3.42. The fourth-order valence-corrected chi connectivity index (χ4v) is 2.71. The van der Waals surface area contributed by atoms with Crippen LogP contribution in [0.25, 0.3) is 10.7 Å². The fraction of sp³-hybridized carbons (Fsp3) is 0.385. The van der Waals surface area contributed by atoms with Crippen LogP contribution in [0.15, 0.2) is 28.3 Å². The van der Waals surface area contributed by atoms with E-state index in [1.54, 1.807) is 11.3 Å². The highest BCUT2D eigenvalue weighted by atomic mass is 79.9. The average Bonchev–Trinajstić information content (AvgIpc) is 2.73. The normalized spacial score (nSPS) is 11.8. The molecule has 96 valence electrons. The minimum atomic E-state index is 0.108. The number of thiophene rings is 1. The largest absolute Gasteiger partial charge is 0.308 e. The van der Waals surface area contributed by atoms with Gasteiger partial charge in [0.2, 0.25) is 0 Å². The van der Waals surface area contributed by atoms with Crippen molar-refractivity contribution in [3.05, 3.63) is 33.9 Å². The quantitative estimate of drug-likeness (QED) is 0.931. The van der Waals surface area contributed by atoms with Gasteiger partial charge in [0.15, 0.2) is 5.82 Å². The van der Waals surface area contributed by atoms with Crippen LogP contribution in [0, 0.1) is 0 Å². The lowest BCUT2D eigenvalue weighted by molar-refractivity contribution is 0.423. The van der Waals surface area contributed by atoms with Crippen LogP contribution in [0.4, 0.5) is 0 Å². The first-order valence-corrected chi connectivity index (χ1v) is 7.37. The summed E-state index contributed by atoms with van der Waals surface area (Å²) < 4.78 is 1.10. The smallest absolute Gasteiger partial charge is 0.169 e. The van der Waals surface area contributed by atoms with E-state index >= 15 is 0 Å². The van der Waals surface area contributed by atoms with E-state index in [0.717, 1.165) is 26.6 Å². The highest BCUT2D eigenvalue weighted by Crippen LogP contribution is 2.28. The second kappa shape index (κ2) is 5.47. The zero-order chi connectivity index (χ0) is 13.2. The molecule has 0 saturated heterocycles. The molecule has 0 spiro atoms. The number of halogens is 1. The molecule has 0 unspecified atom stereocenters. The number of hydrogen-bond donors (Lipinski definition) is 1. The van der Waals surface area contributed by atoms with Crippen LogP contribution in [0.1, 0.15) is 26.3 Å². The van der Waals surface area contributed by atoms with Crippen molar-refractivity contribution in [1.29, 1.82) is 0 Å². The number of rotatable bonds is 3. The Balaban J connectivity index is 2.06. The fourth-order valence-electron chi connectivity index (χ4n) is 1.37. The van der Waals surface area contributed by atoms with E-state index in [-0.39, 0.29) is 5.54 Å². The lowest BCUT2D eigenvalue weighted by atomic mass is 10.1. The van der Waals surface area contributed by atoms with Crippen LogP contribution in [0.5, 0.6) is 0 Å². The van der Waals surface area contributed by atoms with E-state index in [9.17, 15) is 0 Å². The molecule has 0 amide bonds. The summed E-state index contributed by atoms with van der Waals surface area (Å²) in [6, 6.07) is 4.04. The van der Waals surface area contributed by atoms with Crippen molar-refractivity contribution in [1.82, 2.24) is 15.3 Å². The summed E-state index contributed by atoms with van der Waals surface area (Å²) in [6.45, 7) is 7.22. The molecule has 5 heteroatoms. The number of nitrogens with zero attached hydrogens (tertiary/aromatic N) is 2. The van der Waals surface area contributed by atoms with Gasteiger partial charge in [-0.2, -0.15) is 0 Å². The summed E-state index contributed by atoms with van der Waals surface area (Å²) in [5.41, 5.74) is 1.21. The zero-order valence-corrected chi connectivity index (χ0v) is 13.1. The Bertz CT molecular complexity index is 514. The van der Waals surface area contributed by atoms with Crippen LogP contribution in [0.2, 0.25) is 0 Å². The minimum Gasteiger partial charge on any atom is -0.308 e. The monoisotopic (exact) mass is 325 g/mol. The zero-order valence-electron chi connectivity index (χ0n) is 10.7. The molecule has 2 aromatic rings. The topological polar surface area (TPSA) is 37.8 Å². The lowest BCUT2D eigenvalue weighted by Gasteiger charge is -2.20. The molecule has 0 bridgehead atoms. The molecule has 0 aliphatic heterocycles. The lowest BCUT2D eigenvalue weighted by Crippen LogP contribution is -2.35. The van der Waals surface area contributed by atoms with E-state index in [2.05, 4.69) is 52.0 Å². The molecule has 0 aromatic carbocycles. The van der Waals surface area contributed by atoms with Crippen molar-refractivity contribution in [2.45, 2.75) is 32.9 Å². The van der Waals surface area contributed by atoms with E-state index in [0.29, 0.717) is 0 Å². The molecule has 1 N–H and O–H groups in total. The first-order valence-electron chi connectivity index (χ1n) is 5.76. The Kier molecular flexibility index (Phi) is 4.14. The van der Waals surface area contributed by atoms with Crippen LogP contribution in [0.3, 0.4) is 0 Å². The predicted octanol–water partition coefficient (Wildman–Crippen LogP) is 3.86. The summed E-state index contributed by atoms with van der Waals surface area (Å²) in [4.78, 5) is 9.88. The summed E-state index contributed by atoms with van der Waals surface area (Å²) in [6.07, 6.45) is 3.77. The number of hydrogen-bond acceptors (Lipinski definition) is 4. The number of nitrogens with one attached hydrogen (secondary N) is 1. The molecule has 0 aliphatic carbocycles. The van der Waals surface area contributed by atoms with Gasteiger partial charge >= 0.3 is 0 Å². The molecule has 3 nitrogen and oxygen atoms in total. The highest BCUT2D eigenvalue weighted by Gasteiger charge is 2.09. The van der Waals surface area contributed by atoms with Crippen molar-refractivity contribution < 1.29 is 0 Å². The van der Waals surface area contributed by atoms with Crippen LogP contribution < -0.4 is 5.32 Å². The van der Waals surface area contributed by atoms with Gasteiger partial charge in [-0.05, 0) is 48.8 Å². The molecule has 0 fully saturated rings. The Morgan fingerprint density at radius 1 is 1.22 bits per heavy atom. The molecule has 2 heterocycles. The van der Waals surface area contributed by atoms with Crippen LogP contribution in [-0.4, -0.2) is 15.5 Å². The van der Waals surface area contributed by atoms with Gasteiger partial charge < -0.3 is 5.32 Å². The third kappa shape index (κ3) is 3.86.